The minimum absolute atomic E-state index is 0.00444. The summed E-state index contributed by atoms with van der Waals surface area (Å²) in [4.78, 5) is 11.0. The number of rotatable bonds is 7. The van der Waals surface area contributed by atoms with E-state index in [1.807, 2.05) is 0 Å². The van der Waals surface area contributed by atoms with Crippen LogP contribution in [0.15, 0.2) is 87.1 Å². The lowest BCUT2D eigenvalue weighted by atomic mass is 10.3. The quantitative estimate of drug-likeness (QED) is 0.431. The molecule has 3 N–H and O–H groups in total. The van der Waals surface area contributed by atoms with Gasteiger partial charge in [0, 0.05) is 28.5 Å². The van der Waals surface area contributed by atoms with Gasteiger partial charge in [0.2, 0.25) is 5.91 Å². The number of nitrogens with one attached hydrogen (secondary N) is 3. The van der Waals surface area contributed by atoms with Crippen LogP contribution in [0.4, 0.5) is 17.1 Å². The van der Waals surface area contributed by atoms with Crippen molar-refractivity contribution in [3.05, 3.63) is 77.3 Å². The maximum atomic E-state index is 12.6. The van der Waals surface area contributed by atoms with Crippen LogP contribution in [0.3, 0.4) is 0 Å². The van der Waals surface area contributed by atoms with E-state index in [0.29, 0.717) is 11.4 Å². The molecule has 0 aliphatic rings. The first-order chi connectivity index (χ1) is 14.5. The number of hydrogen-bond donors (Lipinski definition) is 3. The molecule has 8 nitrogen and oxygen atoms in total. The molecular weight excluding hydrogens is 506 g/mol. The second kappa shape index (κ2) is 9.08. The Kier molecular flexibility index (Phi) is 6.68. The Labute approximate surface area is 188 Å². The van der Waals surface area contributed by atoms with Crippen LogP contribution >= 0.6 is 15.9 Å². The number of sulfonamides is 2. The van der Waals surface area contributed by atoms with E-state index >= 15 is 0 Å². The molecule has 11 heteroatoms. The highest BCUT2D eigenvalue weighted by Gasteiger charge is 2.17. The lowest BCUT2D eigenvalue weighted by molar-refractivity contribution is -0.114. The molecule has 0 aromatic heterocycles. The summed E-state index contributed by atoms with van der Waals surface area (Å²) in [5.41, 5.74) is 1.07. The Morgan fingerprint density at radius 2 is 1.00 bits per heavy atom. The fourth-order valence-corrected chi connectivity index (χ4v) is 4.95. The Balaban J connectivity index is 1.73. The first kappa shape index (κ1) is 22.8. The van der Waals surface area contributed by atoms with Crippen molar-refractivity contribution in [3.8, 4) is 0 Å². The molecule has 0 saturated heterocycles. The van der Waals surface area contributed by atoms with Crippen LogP contribution in [0.5, 0.6) is 0 Å². The van der Waals surface area contributed by atoms with Gasteiger partial charge in [0.25, 0.3) is 20.0 Å². The van der Waals surface area contributed by atoms with Gasteiger partial charge in [-0.3, -0.25) is 14.2 Å². The molecule has 0 spiro atoms. The summed E-state index contributed by atoms with van der Waals surface area (Å²) >= 11 is 3.28. The van der Waals surface area contributed by atoms with E-state index in [-0.39, 0.29) is 21.4 Å². The zero-order chi connectivity index (χ0) is 22.6. The summed E-state index contributed by atoms with van der Waals surface area (Å²) in [5, 5.41) is 2.55. The number of amides is 1. The van der Waals surface area contributed by atoms with E-state index in [9.17, 15) is 21.6 Å². The van der Waals surface area contributed by atoms with Crippen molar-refractivity contribution < 1.29 is 21.6 Å². The van der Waals surface area contributed by atoms with Gasteiger partial charge in [0.1, 0.15) is 0 Å². The van der Waals surface area contributed by atoms with Crippen molar-refractivity contribution in [2.24, 2.45) is 0 Å². The maximum absolute atomic E-state index is 12.6. The van der Waals surface area contributed by atoms with Crippen LogP contribution in [0, 0.1) is 0 Å². The molecule has 0 heterocycles. The lowest BCUT2D eigenvalue weighted by Gasteiger charge is -2.11. The van der Waals surface area contributed by atoms with Gasteiger partial charge in [-0.15, -0.1) is 0 Å². The zero-order valence-corrected chi connectivity index (χ0v) is 19.4. The topological polar surface area (TPSA) is 121 Å². The van der Waals surface area contributed by atoms with E-state index in [0.717, 1.165) is 4.47 Å². The predicted molar refractivity (Wildman–Crippen MR) is 123 cm³/mol. The summed E-state index contributed by atoms with van der Waals surface area (Å²) in [6.45, 7) is 1.35. The fourth-order valence-electron chi connectivity index (χ4n) is 2.57. The highest BCUT2D eigenvalue weighted by atomic mass is 79.9. The number of benzene rings is 3. The van der Waals surface area contributed by atoms with Crippen molar-refractivity contribution in [1.82, 2.24) is 0 Å². The highest BCUT2D eigenvalue weighted by molar-refractivity contribution is 9.10. The van der Waals surface area contributed by atoms with E-state index in [4.69, 9.17) is 0 Å². The SMILES string of the molecule is CC(=O)Nc1ccc(S(=O)(=O)Nc2ccc(S(=O)(=O)Nc3ccc(Br)cc3)cc2)cc1. The average Bonchev–Trinajstić information content (AvgIpc) is 2.70. The van der Waals surface area contributed by atoms with Gasteiger partial charge in [0.05, 0.1) is 9.79 Å². The second-order valence-electron chi connectivity index (χ2n) is 6.45. The third-order valence-electron chi connectivity index (χ3n) is 4.00. The number of hydrogen-bond acceptors (Lipinski definition) is 5. The number of anilines is 3. The molecule has 0 bridgehead atoms. The molecule has 0 aliphatic heterocycles. The minimum atomic E-state index is -3.89. The summed E-state index contributed by atoms with van der Waals surface area (Å²) < 4.78 is 55.8. The Morgan fingerprint density at radius 1 is 0.645 bits per heavy atom. The van der Waals surface area contributed by atoms with Gasteiger partial charge in [-0.25, -0.2) is 16.8 Å². The largest absolute Gasteiger partial charge is 0.326 e. The number of carbonyl (C=O) groups excluding carboxylic acids is 1. The Bertz CT molecular complexity index is 1290. The molecular formula is C20H18BrN3O5S2. The van der Waals surface area contributed by atoms with Crippen LogP contribution < -0.4 is 14.8 Å². The molecule has 0 unspecified atom stereocenters. The normalized spacial score (nSPS) is 11.5. The van der Waals surface area contributed by atoms with Gasteiger partial charge >= 0.3 is 0 Å². The molecule has 31 heavy (non-hydrogen) atoms. The van der Waals surface area contributed by atoms with Crippen LogP contribution in [-0.2, 0) is 24.8 Å². The Morgan fingerprint density at radius 3 is 1.39 bits per heavy atom. The first-order valence-corrected chi connectivity index (χ1v) is 12.6. The minimum Gasteiger partial charge on any atom is -0.326 e. The third-order valence-corrected chi connectivity index (χ3v) is 7.32. The molecule has 3 aromatic rings. The molecule has 3 aromatic carbocycles. The Hall–Kier alpha value is -2.89. The van der Waals surface area contributed by atoms with E-state index < -0.39 is 20.0 Å². The standard InChI is InChI=1S/C20H18BrN3O5S2/c1-14(25)22-16-6-10-19(11-7-16)30(26,27)24-18-8-12-20(13-9-18)31(28,29)23-17-4-2-15(21)3-5-17/h2-13,23-24H,1H3,(H,22,25). The highest BCUT2D eigenvalue weighted by Crippen LogP contribution is 2.22. The van der Waals surface area contributed by atoms with Crippen LogP contribution in [0.2, 0.25) is 0 Å². The van der Waals surface area contributed by atoms with E-state index in [1.54, 1.807) is 24.3 Å². The summed E-state index contributed by atoms with van der Waals surface area (Å²) in [7, 11) is -7.72. The monoisotopic (exact) mass is 523 g/mol. The summed E-state index contributed by atoms with van der Waals surface area (Å²) in [6.07, 6.45) is 0. The second-order valence-corrected chi connectivity index (χ2v) is 10.7. The number of carbonyl (C=O) groups is 1. The number of halogens is 1. The fraction of sp³-hybridized carbons (Fsp3) is 0.0500. The predicted octanol–water partition coefficient (Wildman–Crippen LogP) is 4.01. The lowest BCUT2D eigenvalue weighted by Crippen LogP contribution is -2.14. The van der Waals surface area contributed by atoms with Crippen molar-refractivity contribution >= 4 is 58.9 Å². The van der Waals surface area contributed by atoms with Gasteiger partial charge in [-0.1, -0.05) is 15.9 Å². The van der Waals surface area contributed by atoms with E-state index in [2.05, 4.69) is 30.7 Å². The van der Waals surface area contributed by atoms with Crippen LogP contribution in [0.25, 0.3) is 0 Å². The summed E-state index contributed by atoms with van der Waals surface area (Å²) in [5.74, 6) is -0.265. The van der Waals surface area contributed by atoms with Crippen LogP contribution in [0.1, 0.15) is 6.92 Å². The molecule has 0 fully saturated rings. The molecule has 3 rings (SSSR count). The van der Waals surface area contributed by atoms with E-state index in [1.165, 1.54) is 55.5 Å². The molecule has 0 aliphatic carbocycles. The smallest absolute Gasteiger partial charge is 0.261 e. The van der Waals surface area contributed by atoms with Gasteiger partial charge in [-0.2, -0.15) is 0 Å². The average molecular weight is 524 g/mol. The third kappa shape index (κ3) is 6.06. The van der Waals surface area contributed by atoms with Gasteiger partial charge in [-0.05, 0) is 72.8 Å². The molecule has 0 atom stereocenters. The van der Waals surface area contributed by atoms with Crippen molar-refractivity contribution in [3.63, 3.8) is 0 Å². The van der Waals surface area contributed by atoms with Crippen LogP contribution in [-0.4, -0.2) is 22.7 Å². The van der Waals surface area contributed by atoms with Crippen molar-refractivity contribution in [1.29, 1.82) is 0 Å². The van der Waals surface area contributed by atoms with Gasteiger partial charge < -0.3 is 5.32 Å². The first-order valence-electron chi connectivity index (χ1n) is 8.84. The molecule has 162 valence electrons. The molecule has 1 amide bonds. The van der Waals surface area contributed by atoms with Crippen molar-refractivity contribution in [2.75, 3.05) is 14.8 Å². The molecule has 0 radical (unpaired) electrons. The van der Waals surface area contributed by atoms with Crippen molar-refractivity contribution in [2.45, 2.75) is 16.7 Å². The van der Waals surface area contributed by atoms with Gasteiger partial charge in [0.15, 0.2) is 0 Å². The zero-order valence-electron chi connectivity index (χ0n) is 16.2. The molecule has 0 saturated carbocycles. The maximum Gasteiger partial charge on any atom is 0.261 e. The summed E-state index contributed by atoms with van der Waals surface area (Å²) in [6, 6.07) is 17.6.